The van der Waals surface area contributed by atoms with E-state index in [1.807, 2.05) is 13.0 Å². The monoisotopic (exact) mass is 273 g/mol. The Kier molecular flexibility index (Phi) is 4.45. The maximum absolute atomic E-state index is 13.0. The number of carboxylic acids is 1. The van der Waals surface area contributed by atoms with Crippen molar-refractivity contribution in [3.05, 3.63) is 65.2 Å². The predicted molar refractivity (Wildman–Crippen MR) is 74.1 cm³/mol. The minimum atomic E-state index is -0.877. The number of benzene rings is 1. The van der Waals surface area contributed by atoms with Crippen molar-refractivity contribution in [3.8, 4) is 0 Å². The number of halogens is 1. The maximum Gasteiger partial charge on any atom is 0.304 e. The summed E-state index contributed by atoms with van der Waals surface area (Å²) < 4.78 is 13.0. The highest BCUT2D eigenvalue weighted by Gasteiger charge is 2.20. The number of nitrogens with zero attached hydrogens (tertiary/aromatic N) is 1. The van der Waals surface area contributed by atoms with Gasteiger partial charge >= 0.3 is 5.97 Å². The minimum absolute atomic E-state index is 0.0252. The quantitative estimate of drug-likeness (QED) is 0.908. The van der Waals surface area contributed by atoms with E-state index in [0.717, 1.165) is 23.1 Å². The first-order valence-corrected chi connectivity index (χ1v) is 6.51. The first kappa shape index (κ1) is 14.2. The molecule has 0 fully saturated rings. The molecule has 0 aliphatic carbocycles. The second-order valence-corrected chi connectivity index (χ2v) is 4.63. The third-order valence-corrected chi connectivity index (χ3v) is 3.35. The Morgan fingerprint density at radius 3 is 2.60 bits per heavy atom. The van der Waals surface area contributed by atoms with E-state index in [1.54, 1.807) is 24.5 Å². The normalized spacial score (nSPS) is 12.1. The van der Waals surface area contributed by atoms with Crippen molar-refractivity contribution >= 4 is 5.97 Å². The van der Waals surface area contributed by atoms with Crippen molar-refractivity contribution in [1.82, 2.24) is 4.98 Å². The van der Waals surface area contributed by atoms with Crippen LogP contribution in [0.1, 0.15) is 36.0 Å². The van der Waals surface area contributed by atoms with Gasteiger partial charge < -0.3 is 5.11 Å². The fourth-order valence-corrected chi connectivity index (χ4v) is 2.35. The van der Waals surface area contributed by atoms with Crippen molar-refractivity contribution in [2.24, 2.45) is 0 Å². The van der Waals surface area contributed by atoms with E-state index in [-0.39, 0.29) is 18.2 Å². The number of hydrogen-bond donors (Lipinski definition) is 1. The maximum atomic E-state index is 13.0. The van der Waals surface area contributed by atoms with Gasteiger partial charge in [-0.15, -0.1) is 0 Å². The van der Waals surface area contributed by atoms with E-state index in [0.29, 0.717) is 0 Å². The molecule has 2 rings (SSSR count). The number of aliphatic carboxylic acids is 1. The Morgan fingerprint density at radius 2 is 2.00 bits per heavy atom. The number of aromatic nitrogens is 1. The molecule has 1 aromatic heterocycles. The van der Waals surface area contributed by atoms with E-state index in [9.17, 15) is 9.18 Å². The third kappa shape index (κ3) is 3.20. The average molecular weight is 273 g/mol. The second kappa shape index (κ2) is 6.28. The van der Waals surface area contributed by atoms with Crippen LogP contribution in [-0.2, 0) is 11.2 Å². The number of pyridine rings is 1. The van der Waals surface area contributed by atoms with E-state index >= 15 is 0 Å². The van der Waals surface area contributed by atoms with Crippen molar-refractivity contribution < 1.29 is 14.3 Å². The second-order valence-electron chi connectivity index (χ2n) is 4.63. The van der Waals surface area contributed by atoms with Crippen LogP contribution >= 0.6 is 0 Å². The smallest absolute Gasteiger partial charge is 0.304 e. The summed E-state index contributed by atoms with van der Waals surface area (Å²) in [6.45, 7) is 2.00. The molecule has 1 atom stereocenters. The number of carboxylic acid groups (broad SMARTS) is 1. The summed E-state index contributed by atoms with van der Waals surface area (Å²) in [5.41, 5.74) is 2.76. The summed E-state index contributed by atoms with van der Waals surface area (Å²) in [6.07, 6.45) is 4.17. The lowest BCUT2D eigenvalue weighted by molar-refractivity contribution is -0.137. The Labute approximate surface area is 117 Å². The zero-order valence-electron chi connectivity index (χ0n) is 11.2. The summed E-state index contributed by atoms with van der Waals surface area (Å²) in [5.74, 6) is -1.49. The van der Waals surface area contributed by atoms with E-state index < -0.39 is 5.97 Å². The largest absolute Gasteiger partial charge is 0.481 e. The molecule has 0 aliphatic heterocycles. The molecule has 0 aliphatic rings. The van der Waals surface area contributed by atoms with Crippen LogP contribution in [0.15, 0.2) is 42.7 Å². The third-order valence-electron chi connectivity index (χ3n) is 3.35. The molecular formula is C16H16FNO2. The molecule has 0 bridgehead atoms. The number of hydrogen-bond acceptors (Lipinski definition) is 2. The van der Waals surface area contributed by atoms with Gasteiger partial charge in [0.15, 0.2) is 0 Å². The first-order chi connectivity index (χ1) is 9.61. The van der Waals surface area contributed by atoms with Gasteiger partial charge in [-0.05, 0) is 41.3 Å². The molecule has 2 aromatic rings. The molecule has 1 aromatic carbocycles. The zero-order chi connectivity index (χ0) is 14.5. The van der Waals surface area contributed by atoms with Crippen LogP contribution < -0.4 is 0 Å². The van der Waals surface area contributed by atoms with Gasteiger partial charge in [0.25, 0.3) is 0 Å². The molecule has 20 heavy (non-hydrogen) atoms. The fourth-order valence-electron chi connectivity index (χ4n) is 2.35. The lowest BCUT2D eigenvalue weighted by Crippen LogP contribution is -2.10. The fraction of sp³-hybridized carbons (Fsp3) is 0.250. The van der Waals surface area contributed by atoms with Crippen LogP contribution in [0, 0.1) is 5.82 Å². The summed E-state index contributed by atoms with van der Waals surface area (Å²) in [7, 11) is 0. The van der Waals surface area contributed by atoms with Gasteiger partial charge in [-0.25, -0.2) is 4.39 Å². The number of aryl methyl sites for hydroxylation is 1. The SMILES string of the molecule is CCc1cnccc1C(CC(=O)O)c1ccc(F)cc1. The van der Waals surface area contributed by atoms with Crippen LogP contribution in [0.5, 0.6) is 0 Å². The summed E-state index contributed by atoms with van der Waals surface area (Å²) in [5, 5.41) is 9.14. The Balaban J connectivity index is 2.46. The minimum Gasteiger partial charge on any atom is -0.481 e. The molecule has 4 heteroatoms. The highest BCUT2D eigenvalue weighted by Crippen LogP contribution is 2.30. The van der Waals surface area contributed by atoms with Crippen LogP contribution in [0.4, 0.5) is 4.39 Å². The molecular weight excluding hydrogens is 257 g/mol. The summed E-state index contributed by atoms with van der Waals surface area (Å²) in [6, 6.07) is 7.84. The summed E-state index contributed by atoms with van der Waals surface area (Å²) >= 11 is 0. The standard InChI is InChI=1S/C16H16FNO2/c1-2-11-10-18-8-7-14(11)15(9-16(19)20)12-3-5-13(17)6-4-12/h3-8,10,15H,2,9H2,1H3,(H,19,20). The average Bonchev–Trinajstić information content (AvgIpc) is 2.45. The highest BCUT2D eigenvalue weighted by molar-refractivity contribution is 5.69. The van der Waals surface area contributed by atoms with Crippen LogP contribution in [0.25, 0.3) is 0 Å². The Bertz CT molecular complexity index is 596. The molecule has 3 nitrogen and oxygen atoms in total. The molecule has 104 valence electrons. The lowest BCUT2D eigenvalue weighted by atomic mass is 9.86. The van der Waals surface area contributed by atoms with Gasteiger partial charge in [0.1, 0.15) is 5.82 Å². The molecule has 0 radical (unpaired) electrons. The predicted octanol–water partition coefficient (Wildman–Crippen LogP) is 3.39. The lowest BCUT2D eigenvalue weighted by Gasteiger charge is -2.18. The van der Waals surface area contributed by atoms with Gasteiger partial charge in [0.05, 0.1) is 6.42 Å². The van der Waals surface area contributed by atoms with Gasteiger partial charge in [0, 0.05) is 18.3 Å². The molecule has 0 saturated heterocycles. The van der Waals surface area contributed by atoms with Crippen molar-refractivity contribution in [1.29, 1.82) is 0 Å². The van der Waals surface area contributed by atoms with E-state index in [2.05, 4.69) is 4.98 Å². The molecule has 1 heterocycles. The first-order valence-electron chi connectivity index (χ1n) is 6.51. The van der Waals surface area contributed by atoms with Gasteiger partial charge in [0.2, 0.25) is 0 Å². The zero-order valence-corrected chi connectivity index (χ0v) is 11.2. The van der Waals surface area contributed by atoms with Crippen LogP contribution in [0.3, 0.4) is 0 Å². The molecule has 1 unspecified atom stereocenters. The van der Waals surface area contributed by atoms with Gasteiger partial charge in [-0.2, -0.15) is 0 Å². The molecule has 0 saturated carbocycles. The van der Waals surface area contributed by atoms with Crippen molar-refractivity contribution in [2.75, 3.05) is 0 Å². The van der Waals surface area contributed by atoms with Crippen molar-refractivity contribution in [3.63, 3.8) is 0 Å². The number of rotatable bonds is 5. The van der Waals surface area contributed by atoms with E-state index in [1.165, 1.54) is 12.1 Å². The molecule has 0 amide bonds. The summed E-state index contributed by atoms with van der Waals surface area (Å²) in [4.78, 5) is 15.2. The number of carbonyl (C=O) groups is 1. The van der Waals surface area contributed by atoms with E-state index in [4.69, 9.17) is 5.11 Å². The molecule has 0 spiro atoms. The topological polar surface area (TPSA) is 50.2 Å². The van der Waals surface area contributed by atoms with Crippen molar-refractivity contribution in [2.45, 2.75) is 25.7 Å². The Hall–Kier alpha value is -2.23. The molecule has 1 N–H and O–H groups in total. The van der Waals surface area contributed by atoms with Gasteiger partial charge in [-0.3, -0.25) is 9.78 Å². The Morgan fingerprint density at radius 1 is 1.30 bits per heavy atom. The van der Waals surface area contributed by atoms with Crippen LogP contribution in [-0.4, -0.2) is 16.1 Å². The van der Waals surface area contributed by atoms with Gasteiger partial charge in [-0.1, -0.05) is 19.1 Å². The van der Waals surface area contributed by atoms with Crippen LogP contribution in [0.2, 0.25) is 0 Å². The highest BCUT2D eigenvalue weighted by atomic mass is 19.1.